The minimum atomic E-state index is 0.471. The van der Waals surface area contributed by atoms with E-state index >= 15 is 0 Å². The van der Waals surface area contributed by atoms with Crippen LogP contribution in [0.3, 0.4) is 0 Å². The number of hydrogen-bond donors (Lipinski definition) is 1. The summed E-state index contributed by atoms with van der Waals surface area (Å²) in [7, 11) is 1.88. The molecule has 0 bridgehead atoms. The molecule has 0 aliphatic heterocycles. The van der Waals surface area contributed by atoms with Crippen molar-refractivity contribution in [2.45, 2.75) is 4.90 Å². The van der Waals surface area contributed by atoms with Gasteiger partial charge in [-0.15, -0.1) is 22.0 Å². The molecule has 0 fully saturated rings. The first-order valence-corrected chi connectivity index (χ1v) is 9.50. The maximum atomic E-state index is 7.54. The van der Waals surface area contributed by atoms with Crippen LogP contribution in [-0.2, 0) is 7.05 Å². The Morgan fingerprint density at radius 2 is 1.81 bits per heavy atom. The highest BCUT2D eigenvalue weighted by Crippen LogP contribution is 2.40. The third-order valence-corrected chi connectivity index (χ3v) is 5.23. The lowest BCUT2D eigenvalue weighted by atomic mass is 9.99. The highest BCUT2D eigenvalue weighted by atomic mass is 32.2. The Morgan fingerprint density at radius 3 is 2.48 bits per heavy atom. The molecule has 0 atom stereocenters. The molecule has 0 spiro atoms. The molecule has 0 amide bonds. The fourth-order valence-electron chi connectivity index (χ4n) is 3.21. The van der Waals surface area contributed by atoms with Gasteiger partial charge in [-0.1, -0.05) is 42.5 Å². The van der Waals surface area contributed by atoms with E-state index in [-0.39, 0.29) is 0 Å². The number of benzene rings is 2. The summed E-state index contributed by atoms with van der Waals surface area (Å²) >= 11 is 1.73. The highest BCUT2D eigenvalue weighted by Gasteiger charge is 2.20. The van der Waals surface area contributed by atoms with E-state index in [0.29, 0.717) is 11.5 Å². The van der Waals surface area contributed by atoms with Gasteiger partial charge in [-0.05, 0) is 34.2 Å². The average Bonchev–Trinajstić information content (AvgIpc) is 3.35. The number of tetrazole rings is 1. The molecule has 27 heavy (non-hydrogen) atoms. The molecule has 0 saturated carbocycles. The molecule has 2 heterocycles. The predicted octanol–water partition coefficient (Wildman–Crippen LogP) is 4.81. The molecular formula is C20H16N6S. The number of thioether (sulfide) groups is 1. The van der Waals surface area contributed by atoms with Crippen molar-refractivity contribution in [1.82, 2.24) is 25.2 Å². The fraction of sp³-hybridized carbons (Fsp3) is 0.100. The average molecular weight is 372 g/mol. The van der Waals surface area contributed by atoms with E-state index in [1.807, 2.05) is 35.9 Å². The zero-order valence-electron chi connectivity index (χ0n) is 14.8. The molecule has 0 unspecified atom stereocenters. The van der Waals surface area contributed by atoms with Gasteiger partial charge in [0.2, 0.25) is 11.5 Å². The normalized spacial score (nSPS) is 10.7. The zero-order valence-corrected chi connectivity index (χ0v) is 15.7. The van der Waals surface area contributed by atoms with E-state index in [0.717, 1.165) is 22.4 Å². The molecule has 1 N–H and O–H groups in total. The number of aromatic nitrogens is 5. The Kier molecular flexibility index (Phi) is 4.48. The maximum absolute atomic E-state index is 7.54. The first-order valence-electron chi connectivity index (χ1n) is 8.27. The van der Waals surface area contributed by atoms with Gasteiger partial charge in [0.05, 0.1) is 12.3 Å². The Labute approximate surface area is 161 Å². The van der Waals surface area contributed by atoms with Gasteiger partial charge in [0.1, 0.15) is 0 Å². The summed E-state index contributed by atoms with van der Waals surface area (Å²) in [5, 5.41) is 14.3. The van der Waals surface area contributed by atoms with Gasteiger partial charge in [-0.2, -0.15) is 5.21 Å². The largest absolute Gasteiger partial charge is 0.358 e. The van der Waals surface area contributed by atoms with Crippen molar-refractivity contribution in [2.75, 3.05) is 6.26 Å². The van der Waals surface area contributed by atoms with Crippen LogP contribution in [-0.4, -0.2) is 31.4 Å². The van der Waals surface area contributed by atoms with E-state index in [1.165, 1.54) is 10.5 Å². The molecule has 4 rings (SSSR count). The Bertz CT molecular complexity index is 1120. The Hall–Kier alpha value is -3.37. The summed E-state index contributed by atoms with van der Waals surface area (Å²) in [5.41, 5.74) is 5.45. The monoisotopic (exact) mass is 372 g/mol. The molecule has 4 aromatic rings. The van der Waals surface area contributed by atoms with Gasteiger partial charge in [0.25, 0.3) is 0 Å². The Morgan fingerprint density at radius 1 is 1.07 bits per heavy atom. The zero-order chi connectivity index (χ0) is 18.8. The van der Waals surface area contributed by atoms with Gasteiger partial charge in [0, 0.05) is 23.7 Å². The second kappa shape index (κ2) is 7.09. The van der Waals surface area contributed by atoms with Gasteiger partial charge in [0.15, 0.2) is 0 Å². The number of H-pyrrole nitrogens is 1. The molecule has 0 aliphatic rings. The minimum absolute atomic E-state index is 0.471. The minimum Gasteiger partial charge on any atom is -0.358 e. The number of nitrogens with zero attached hydrogens (tertiary/aromatic N) is 5. The first kappa shape index (κ1) is 17.1. The fourth-order valence-corrected chi connectivity index (χ4v) is 3.83. The van der Waals surface area contributed by atoms with Crippen molar-refractivity contribution in [3.63, 3.8) is 0 Å². The third-order valence-electron chi connectivity index (χ3n) is 4.43. The van der Waals surface area contributed by atoms with E-state index in [2.05, 4.69) is 56.0 Å². The van der Waals surface area contributed by atoms with Crippen molar-refractivity contribution < 1.29 is 0 Å². The van der Waals surface area contributed by atoms with Crippen molar-refractivity contribution in [2.24, 2.45) is 7.05 Å². The lowest BCUT2D eigenvalue weighted by Gasteiger charge is -2.09. The second-order valence-corrected chi connectivity index (χ2v) is 6.82. The molecule has 7 heteroatoms. The van der Waals surface area contributed by atoms with E-state index in [1.54, 1.807) is 18.0 Å². The second-order valence-electron chi connectivity index (χ2n) is 5.97. The van der Waals surface area contributed by atoms with Gasteiger partial charge >= 0.3 is 0 Å². The molecule has 6 nitrogen and oxygen atoms in total. The molecular weight excluding hydrogens is 356 g/mol. The predicted molar refractivity (Wildman–Crippen MR) is 107 cm³/mol. The molecule has 2 aromatic carbocycles. The quantitative estimate of drug-likeness (QED) is 0.412. The summed E-state index contributed by atoms with van der Waals surface area (Å²) < 4.78 is 1.87. The van der Waals surface area contributed by atoms with Crippen molar-refractivity contribution in [3.8, 4) is 33.8 Å². The van der Waals surface area contributed by atoms with E-state index in [9.17, 15) is 0 Å². The summed E-state index contributed by atoms with van der Waals surface area (Å²) in [6.45, 7) is 7.54. The van der Waals surface area contributed by atoms with Gasteiger partial charge < -0.3 is 4.57 Å². The molecule has 0 aliphatic carbocycles. The van der Waals surface area contributed by atoms with Crippen molar-refractivity contribution in [3.05, 3.63) is 66.1 Å². The number of nitrogens with one attached hydrogen (secondary N) is 1. The first-order chi connectivity index (χ1) is 13.2. The van der Waals surface area contributed by atoms with Crippen molar-refractivity contribution in [1.29, 1.82) is 0 Å². The van der Waals surface area contributed by atoms with Gasteiger partial charge in [-0.25, -0.2) is 4.85 Å². The summed E-state index contributed by atoms with van der Waals surface area (Å²) in [4.78, 5) is 4.92. The maximum Gasteiger partial charge on any atom is 0.220 e. The number of aryl methyl sites for hydroxylation is 1. The van der Waals surface area contributed by atoms with Crippen LogP contribution >= 0.6 is 11.8 Å². The number of rotatable bonds is 4. The van der Waals surface area contributed by atoms with Crippen LogP contribution in [0.4, 0.5) is 5.69 Å². The van der Waals surface area contributed by atoms with Crippen LogP contribution in [0.15, 0.2) is 59.6 Å². The van der Waals surface area contributed by atoms with E-state index in [4.69, 9.17) is 6.57 Å². The standard InChI is InChI=1S/C20H16N6S/c1-21-16-12-26(2)19(20-22-24-25-23-20)18(16)14-10-8-13(9-11-14)15-6-4-5-7-17(15)27-3/h4-12H,2-3H3,(H,22,23,24,25). The SMILES string of the molecule is [C-]#[N+]c1cn(C)c(-c2nn[nH]n2)c1-c1ccc(-c2ccccc2SC)cc1. The van der Waals surface area contributed by atoms with Crippen LogP contribution < -0.4 is 0 Å². The van der Waals surface area contributed by atoms with Crippen LogP contribution in [0.1, 0.15) is 0 Å². The third kappa shape index (κ3) is 3.00. The number of hydrogen-bond acceptors (Lipinski definition) is 4. The van der Waals surface area contributed by atoms with Crippen LogP contribution in [0.25, 0.3) is 38.6 Å². The van der Waals surface area contributed by atoms with E-state index < -0.39 is 0 Å². The van der Waals surface area contributed by atoms with Crippen LogP contribution in [0.5, 0.6) is 0 Å². The smallest absolute Gasteiger partial charge is 0.220 e. The van der Waals surface area contributed by atoms with Crippen LogP contribution in [0.2, 0.25) is 0 Å². The highest BCUT2D eigenvalue weighted by molar-refractivity contribution is 7.98. The number of aromatic amines is 1. The van der Waals surface area contributed by atoms with Crippen LogP contribution in [0, 0.1) is 6.57 Å². The van der Waals surface area contributed by atoms with Gasteiger partial charge in [-0.3, -0.25) is 0 Å². The lowest BCUT2D eigenvalue weighted by Crippen LogP contribution is -1.93. The summed E-state index contributed by atoms with van der Waals surface area (Å²) in [5.74, 6) is 0.471. The molecule has 2 aromatic heterocycles. The Balaban J connectivity index is 1.83. The molecule has 0 saturated heterocycles. The molecule has 132 valence electrons. The summed E-state index contributed by atoms with van der Waals surface area (Å²) in [6, 6.07) is 16.6. The summed E-state index contributed by atoms with van der Waals surface area (Å²) in [6.07, 6.45) is 3.88. The topological polar surface area (TPSA) is 63.8 Å². The lowest BCUT2D eigenvalue weighted by molar-refractivity contribution is 0.881. The molecule has 0 radical (unpaired) electrons. The van der Waals surface area contributed by atoms with Crippen molar-refractivity contribution >= 4 is 17.4 Å².